The first-order valence-electron chi connectivity index (χ1n) is 20.6. The summed E-state index contributed by atoms with van der Waals surface area (Å²) >= 11 is 0. The molecule has 0 radical (unpaired) electrons. The normalized spacial score (nSPS) is 15.9. The van der Waals surface area contributed by atoms with E-state index in [1.807, 2.05) is 26.0 Å². The van der Waals surface area contributed by atoms with Gasteiger partial charge in [0, 0.05) is 76.9 Å². The van der Waals surface area contributed by atoms with Gasteiger partial charge in [-0.3, -0.25) is 19.4 Å². The summed E-state index contributed by atoms with van der Waals surface area (Å²) in [4.78, 5) is 57.0. The van der Waals surface area contributed by atoms with Gasteiger partial charge in [-0.25, -0.2) is 4.98 Å². The number of esters is 1. The van der Waals surface area contributed by atoms with E-state index in [2.05, 4.69) is 56.0 Å². The molecule has 308 valence electrons. The number of carboxylic acid groups (broad SMARTS) is 1. The first-order chi connectivity index (χ1) is 27.3. The van der Waals surface area contributed by atoms with Crippen molar-refractivity contribution in [3.63, 3.8) is 0 Å². The van der Waals surface area contributed by atoms with Crippen molar-refractivity contribution in [2.24, 2.45) is 0 Å². The zero-order chi connectivity index (χ0) is 41.4. The number of carbonyl (C=O) groups is 3. The van der Waals surface area contributed by atoms with Crippen molar-refractivity contribution in [2.75, 3.05) is 26.9 Å². The Morgan fingerprint density at radius 2 is 1.63 bits per heavy atom. The van der Waals surface area contributed by atoms with Crippen molar-refractivity contribution < 1.29 is 34.1 Å². The highest BCUT2D eigenvalue weighted by molar-refractivity contribution is 6.27. The summed E-state index contributed by atoms with van der Waals surface area (Å²) in [5.41, 5.74) is 11.3. The Balaban J connectivity index is 1.89. The second-order valence-corrected chi connectivity index (χ2v) is 15.4. The van der Waals surface area contributed by atoms with Crippen molar-refractivity contribution in [3.8, 4) is 0 Å². The molecule has 1 amide bonds. The Kier molecular flexibility index (Phi) is 14.9. The molecule has 0 spiro atoms. The van der Waals surface area contributed by atoms with E-state index < -0.39 is 17.9 Å². The van der Waals surface area contributed by atoms with Gasteiger partial charge in [-0.1, -0.05) is 46.5 Å². The number of H-pyrrole nitrogens is 2. The quantitative estimate of drug-likeness (QED) is 0.0625. The Morgan fingerprint density at radius 3 is 2.32 bits per heavy atom. The van der Waals surface area contributed by atoms with E-state index >= 15 is 0 Å². The zero-order valence-corrected chi connectivity index (χ0v) is 35.0. The Morgan fingerprint density at radius 1 is 0.912 bits per heavy atom. The van der Waals surface area contributed by atoms with Crippen LogP contribution in [0, 0.1) is 13.8 Å². The predicted molar refractivity (Wildman–Crippen MR) is 224 cm³/mol. The smallest absolute Gasteiger partial charge is 0.310 e. The van der Waals surface area contributed by atoms with Gasteiger partial charge in [-0.15, -0.1) is 0 Å². The number of ether oxygens (including phenoxy) is 2. The lowest BCUT2D eigenvalue weighted by Gasteiger charge is -2.18. The van der Waals surface area contributed by atoms with Gasteiger partial charge < -0.3 is 35.0 Å². The summed E-state index contributed by atoms with van der Waals surface area (Å²) in [6, 6.07) is 6.12. The fraction of sp³-hybridized carbons (Fsp3) is 0.533. The summed E-state index contributed by atoms with van der Waals surface area (Å²) in [7, 11) is 1.31. The molecule has 12 heteroatoms. The van der Waals surface area contributed by atoms with Crippen molar-refractivity contribution in [1.29, 1.82) is 0 Å². The van der Waals surface area contributed by atoms with E-state index in [9.17, 15) is 24.6 Å². The maximum absolute atomic E-state index is 14.1. The molecule has 3 aromatic rings. The van der Waals surface area contributed by atoms with Crippen LogP contribution in [0.25, 0.3) is 33.2 Å². The Hall–Kier alpha value is -4.81. The highest BCUT2D eigenvalue weighted by Crippen LogP contribution is 2.44. The average Bonchev–Trinajstić information content (AvgIpc) is 3.87. The number of hydrogen-bond donors (Lipinski definition) is 5. The van der Waals surface area contributed by atoms with E-state index in [4.69, 9.17) is 19.4 Å². The van der Waals surface area contributed by atoms with Crippen molar-refractivity contribution >= 4 is 51.1 Å². The molecular weight excluding hydrogens is 723 g/mol. The number of aliphatic hydroxyl groups excluding tert-OH is 1. The number of carbonyl (C=O) groups excluding carboxylic acids is 2. The number of nitrogens with zero attached hydrogens (tertiary/aromatic N) is 2. The largest absolute Gasteiger partial charge is 0.481 e. The fourth-order valence-electron chi connectivity index (χ4n) is 8.29. The second-order valence-electron chi connectivity index (χ2n) is 15.4. The highest BCUT2D eigenvalue weighted by Gasteiger charge is 2.36. The number of allylic oxidation sites excluding steroid dienone is 1. The van der Waals surface area contributed by atoms with Crippen LogP contribution in [-0.4, -0.2) is 74.9 Å². The van der Waals surface area contributed by atoms with Gasteiger partial charge in [0.15, 0.2) is 0 Å². The van der Waals surface area contributed by atoms with Gasteiger partial charge in [0.05, 0.1) is 42.3 Å². The van der Waals surface area contributed by atoms with Gasteiger partial charge in [-0.2, -0.15) is 0 Å². The SMILES string of the molecule is CCCCCCCOC(C)c1c(C)c2cc3nc(c(CC(=O)OC)c4nc(cc5[nH]c(cc1[nH]2)c(C)c5CC)C(C)=C4C(=O)NCCCO)C(CCC(=O)O)C3C. The van der Waals surface area contributed by atoms with Gasteiger partial charge in [-0.05, 0) is 93.8 Å². The van der Waals surface area contributed by atoms with Crippen LogP contribution in [0.5, 0.6) is 0 Å². The minimum absolute atomic E-state index is 0.0846. The van der Waals surface area contributed by atoms with E-state index in [-0.39, 0.29) is 50.3 Å². The molecule has 3 unspecified atom stereocenters. The minimum Gasteiger partial charge on any atom is -0.481 e. The minimum atomic E-state index is -0.938. The lowest BCUT2D eigenvalue weighted by Crippen LogP contribution is -2.26. The molecule has 5 N–H and O–H groups in total. The molecule has 0 aliphatic carbocycles. The molecule has 8 bridgehead atoms. The van der Waals surface area contributed by atoms with Crippen molar-refractivity contribution in [2.45, 2.75) is 131 Å². The number of nitrogens with one attached hydrogen (secondary N) is 3. The monoisotopic (exact) mass is 783 g/mol. The molecule has 0 aromatic carbocycles. The summed E-state index contributed by atoms with van der Waals surface area (Å²) in [5, 5.41) is 22.2. The van der Waals surface area contributed by atoms with E-state index in [0.717, 1.165) is 69.3 Å². The molecule has 3 aromatic heterocycles. The Bertz CT molecular complexity index is 2160. The number of aryl methyl sites for hydroxylation is 3. The zero-order valence-electron chi connectivity index (χ0n) is 35.0. The van der Waals surface area contributed by atoms with Crippen LogP contribution in [0.15, 0.2) is 18.2 Å². The lowest BCUT2D eigenvalue weighted by molar-refractivity contribution is -0.140. The topological polar surface area (TPSA) is 180 Å². The summed E-state index contributed by atoms with van der Waals surface area (Å²) in [6.45, 7) is 15.3. The first kappa shape index (κ1) is 43.3. The number of aromatic nitrogens is 4. The number of unbranched alkanes of at least 4 members (excludes halogenated alkanes) is 4. The lowest BCUT2D eigenvalue weighted by atomic mass is 9.84. The van der Waals surface area contributed by atoms with Gasteiger partial charge in [0.25, 0.3) is 5.91 Å². The van der Waals surface area contributed by atoms with E-state index in [1.165, 1.54) is 26.4 Å². The van der Waals surface area contributed by atoms with Crippen molar-refractivity contribution in [1.82, 2.24) is 25.3 Å². The van der Waals surface area contributed by atoms with Crippen LogP contribution >= 0.6 is 0 Å². The number of methoxy groups -OCH3 is 1. The van der Waals surface area contributed by atoms with Crippen LogP contribution in [0.2, 0.25) is 0 Å². The van der Waals surface area contributed by atoms with E-state index in [0.29, 0.717) is 46.8 Å². The maximum Gasteiger partial charge on any atom is 0.310 e. The van der Waals surface area contributed by atoms with Gasteiger partial charge >= 0.3 is 11.9 Å². The molecule has 5 heterocycles. The number of aliphatic hydroxyl groups is 1. The second kappa shape index (κ2) is 19.6. The summed E-state index contributed by atoms with van der Waals surface area (Å²) in [6.07, 6.45) is 6.59. The molecule has 5 rings (SSSR count). The standard InChI is InChI=1S/C45H61N5O7/c1-9-11-12-13-14-20-57-29(7)41-27(5)35-22-34-26(4)31(16-17-39(52)53)43(49-34)32(21-40(54)56-8)44-42(45(55)46-18-15-19-51)28(6)36(50-44)23-37-30(10-2)25(3)33(47-37)24-38(41)48-35/h22-24,26,29,31,47-48,51H,9-21H2,1-8H3,(H,46,55)(H,52,53). The maximum atomic E-state index is 14.1. The van der Waals surface area contributed by atoms with Crippen LogP contribution in [-0.2, 0) is 36.7 Å². The fourth-order valence-corrected chi connectivity index (χ4v) is 8.29. The molecule has 12 nitrogen and oxygen atoms in total. The molecule has 2 aliphatic rings. The van der Waals surface area contributed by atoms with Crippen LogP contribution in [0.3, 0.4) is 0 Å². The molecule has 0 saturated heterocycles. The third-order valence-electron chi connectivity index (χ3n) is 11.6. The number of fused-ring (bicyclic) bond motifs is 8. The molecular formula is C45H61N5O7. The van der Waals surface area contributed by atoms with Crippen LogP contribution in [0.1, 0.15) is 155 Å². The van der Waals surface area contributed by atoms with Crippen molar-refractivity contribution in [3.05, 3.63) is 68.8 Å². The van der Waals surface area contributed by atoms with E-state index in [1.54, 1.807) is 0 Å². The molecule has 57 heavy (non-hydrogen) atoms. The highest BCUT2D eigenvalue weighted by atomic mass is 16.5. The Labute approximate surface area is 335 Å². The summed E-state index contributed by atoms with van der Waals surface area (Å²) < 4.78 is 11.7. The number of aromatic amines is 2. The van der Waals surface area contributed by atoms with Crippen LogP contribution < -0.4 is 5.32 Å². The number of amides is 1. The number of hydrogen-bond acceptors (Lipinski definition) is 8. The molecule has 0 fully saturated rings. The van der Waals surface area contributed by atoms with Crippen LogP contribution in [0.4, 0.5) is 0 Å². The average molecular weight is 784 g/mol. The molecule has 3 atom stereocenters. The first-order valence-corrected chi connectivity index (χ1v) is 20.6. The van der Waals surface area contributed by atoms with Gasteiger partial charge in [0.1, 0.15) is 0 Å². The number of aliphatic carboxylic acids is 1. The number of carboxylic acids is 1. The predicted octanol–water partition coefficient (Wildman–Crippen LogP) is 8.44. The summed E-state index contributed by atoms with van der Waals surface area (Å²) in [5.74, 6) is -2.50. The molecule has 0 saturated carbocycles. The number of rotatable bonds is 18. The molecule has 2 aliphatic heterocycles. The van der Waals surface area contributed by atoms with Gasteiger partial charge in [0.2, 0.25) is 0 Å². The third kappa shape index (κ3) is 9.67. The third-order valence-corrected chi connectivity index (χ3v) is 11.6.